The summed E-state index contributed by atoms with van der Waals surface area (Å²) >= 11 is 0. The molecule has 0 radical (unpaired) electrons. The number of carbonyl (C=O) groups excluding carboxylic acids is 1. The Balaban J connectivity index is 2.27. The number of carbonyl (C=O) groups is 1. The number of nitrogens with zero attached hydrogens (tertiary/aromatic N) is 1. The third-order valence-electron chi connectivity index (χ3n) is 3.01. The summed E-state index contributed by atoms with van der Waals surface area (Å²) in [5.74, 6) is -0.853. The largest absolute Gasteiger partial charge is 0.504 e. The molecule has 5 nitrogen and oxygen atoms in total. The maximum atomic E-state index is 12.2. The zero-order chi connectivity index (χ0) is 12.4. The Bertz CT molecular complexity index is 434. The predicted octanol–water partition coefficient (Wildman–Crippen LogP) is 0.532. The van der Waals surface area contributed by atoms with E-state index in [0.29, 0.717) is 6.54 Å². The van der Waals surface area contributed by atoms with Crippen LogP contribution in [0.1, 0.15) is 17.3 Å². The molecule has 1 atom stereocenters. The number of benzene rings is 1. The minimum absolute atomic E-state index is 0.0815. The maximum Gasteiger partial charge on any atom is 0.258 e. The standard InChI is InChI=1S/C12H16N2O3/c1-8-7-13-5-6-14(8)12(17)9-3-2-4-10(15)11(9)16/h2-4,8,13,15-16H,5-7H2,1H3/t8-/m1/s1. The lowest BCUT2D eigenvalue weighted by Gasteiger charge is -2.34. The van der Waals surface area contributed by atoms with Gasteiger partial charge in [0, 0.05) is 25.7 Å². The normalized spacial score (nSPS) is 20.3. The van der Waals surface area contributed by atoms with Crippen LogP contribution >= 0.6 is 0 Å². The zero-order valence-corrected chi connectivity index (χ0v) is 9.68. The minimum atomic E-state index is -0.344. The zero-order valence-electron chi connectivity index (χ0n) is 9.68. The molecular weight excluding hydrogens is 220 g/mol. The number of hydrogen-bond acceptors (Lipinski definition) is 4. The average molecular weight is 236 g/mol. The summed E-state index contributed by atoms with van der Waals surface area (Å²) in [5, 5.41) is 22.2. The molecule has 0 aromatic heterocycles. The van der Waals surface area contributed by atoms with Gasteiger partial charge in [-0.15, -0.1) is 0 Å². The molecule has 1 aromatic carbocycles. The van der Waals surface area contributed by atoms with Gasteiger partial charge >= 0.3 is 0 Å². The Morgan fingerprint density at radius 2 is 2.24 bits per heavy atom. The van der Waals surface area contributed by atoms with E-state index in [4.69, 9.17) is 0 Å². The first-order chi connectivity index (χ1) is 8.11. The highest BCUT2D eigenvalue weighted by Crippen LogP contribution is 2.29. The van der Waals surface area contributed by atoms with E-state index in [1.807, 2.05) is 6.92 Å². The molecule has 17 heavy (non-hydrogen) atoms. The molecule has 1 fully saturated rings. The van der Waals surface area contributed by atoms with Gasteiger partial charge in [0.15, 0.2) is 11.5 Å². The molecule has 0 unspecified atom stereocenters. The number of nitrogens with one attached hydrogen (secondary N) is 1. The molecule has 1 heterocycles. The smallest absolute Gasteiger partial charge is 0.258 e. The first kappa shape index (κ1) is 11.7. The average Bonchev–Trinajstić information content (AvgIpc) is 2.32. The van der Waals surface area contributed by atoms with Gasteiger partial charge in [-0.25, -0.2) is 0 Å². The molecule has 2 rings (SSSR count). The lowest BCUT2D eigenvalue weighted by Crippen LogP contribution is -2.52. The molecule has 0 bridgehead atoms. The van der Waals surface area contributed by atoms with Crippen molar-refractivity contribution in [3.8, 4) is 11.5 Å². The van der Waals surface area contributed by atoms with Crippen LogP contribution in [0.25, 0.3) is 0 Å². The molecule has 1 saturated heterocycles. The van der Waals surface area contributed by atoms with Crippen LogP contribution in [0.5, 0.6) is 11.5 Å². The monoisotopic (exact) mass is 236 g/mol. The van der Waals surface area contributed by atoms with Crippen molar-refractivity contribution in [1.82, 2.24) is 10.2 Å². The van der Waals surface area contributed by atoms with Crippen molar-refractivity contribution in [2.45, 2.75) is 13.0 Å². The van der Waals surface area contributed by atoms with E-state index in [1.165, 1.54) is 12.1 Å². The predicted molar refractivity (Wildman–Crippen MR) is 63.1 cm³/mol. The van der Waals surface area contributed by atoms with Gasteiger partial charge in [0.2, 0.25) is 0 Å². The van der Waals surface area contributed by atoms with Crippen LogP contribution < -0.4 is 5.32 Å². The molecule has 0 saturated carbocycles. The number of phenols is 2. The number of piperazine rings is 1. The first-order valence-electron chi connectivity index (χ1n) is 5.64. The van der Waals surface area contributed by atoms with Gasteiger partial charge in [-0.1, -0.05) is 6.07 Å². The fourth-order valence-electron chi connectivity index (χ4n) is 2.00. The summed E-state index contributed by atoms with van der Waals surface area (Å²) < 4.78 is 0. The molecule has 1 amide bonds. The van der Waals surface area contributed by atoms with Crippen LogP contribution in [-0.4, -0.2) is 46.7 Å². The van der Waals surface area contributed by atoms with Crippen LogP contribution in [-0.2, 0) is 0 Å². The molecule has 1 aliphatic rings. The summed E-state index contributed by atoms with van der Waals surface area (Å²) in [4.78, 5) is 13.9. The fourth-order valence-corrected chi connectivity index (χ4v) is 2.00. The number of amides is 1. The second-order valence-electron chi connectivity index (χ2n) is 4.22. The van der Waals surface area contributed by atoms with E-state index in [1.54, 1.807) is 11.0 Å². The van der Waals surface area contributed by atoms with Gasteiger partial charge in [0.05, 0.1) is 5.56 Å². The number of phenolic OH excluding ortho intramolecular Hbond substituents is 2. The third kappa shape index (κ3) is 2.19. The quantitative estimate of drug-likeness (QED) is 0.622. The Kier molecular flexibility index (Phi) is 3.19. The van der Waals surface area contributed by atoms with Gasteiger partial charge in [-0.3, -0.25) is 4.79 Å². The molecule has 1 aliphatic heterocycles. The van der Waals surface area contributed by atoms with E-state index in [2.05, 4.69) is 5.32 Å². The Hall–Kier alpha value is -1.75. The lowest BCUT2D eigenvalue weighted by atomic mass is 10.1. The van der Waals surface area contributed by atoms with E-state index < -0.39 is 0 Å². The summed E-state index contributed by atoms with van der Waals surface area (Å²) in [6, 6.07) is 4.51. The summed E-state index contributed by atoms with van der Waals surface area (Å²) in [6.07, 6.45) is 0. The Morgan fingerprint density at radius 3 is 2.94 bits per heavy atom. The second kappa shape index (κ2) is 4.63. The topological polar surface area (TPSA) is 72.8 Å². The van der Waals surface area contributed by atoms with Gasteiger partial charge in [0.25, 0.3) is 5.91 Å². The number of hydrogen-bond donors (Lipinski definition) is 3. The fraction of sp³-hybridized carbons (Fsp3) is 0.417. The van der Waals surface area contributed by atoms with Crippen molar-refractivity contribution < 1.29 is 15.0 Å². The number of para-hydroxylation sites is 1. The highest BCUT2D eigenvalue weighted by atomic mass is 16.3. The Labute approximate surface area is 99.7 Å². The molecule has 0 spiro atoms. The Morgan fingerprint density at radius 1 is 1.47 bits per heavy atom. The SMILES string of the molecule is C[C@@H]1CNCCN1C(=O)c1cccc(O)c1O. The lowest BCUT2D eigenvalue weighted by molar-refractivity contribution is 0.0652. The van der Waals surface area contributed by atoms with Gasteiger partial charge in [-0.2, -0.15) is 0 Å². The van der Waals surface area contributed by atoms with Crippen LogP contribution in [0.4, 0.5) is 0 Å². The van der Waals surface area contributed by atoms with Crippen LogP contribution in [0.2, 0.25) is 0 Å². The summed E-state index contributed by atoms with van der Waals surface area (Å²) in [5.41, 5.74) is 0.152. The van der Waals surface area contributed by atoms with Crippen molar-refractivity contribution >= 4 is 5.91 Å². The summed E-state index contributed by atoms with van der Waals surface area (Å²) in [6.45, 7) is 4.04. The number of aromatic hydroxyl groups is 2. The second-order valence-corrected chi connectivity index (χ2v) is 4.22. The van der Waals surface area contributed by atoms with E-state index in [9.17, 15) is 15.0 Å². The van der Waals surface area contributed by atoms with Crippen LogP contribution in [0, 0.1) is 0 Å². The minimum Gasteiger partial charge on any atom is -0.504 e. The first-order valence-corrected chi connectivity index (χ1v) is 5.64. The van der Waals surface area contributed by atoms with Crippen LogP contribution in [0.15, 0.2) is 18.2 Å². The van der Waals surface area contributed by atoms with Gasteiger partial charge in [0.1, 0.15) is 0 Å². The van der Waals surface area contributed by atoms with E-state index >= 15 is 0 Å². The molecular formula is C12H16N2O3. The third-order valence-corrected chi connectivity index (χ3v) is 3.01. The van der Waals surface area contributed by atoms with E-state index in [0.717, 1.165) is 13.1 Å². The van der Waals surface area contributed by atoms with Gasteiger partial charge in [-0.05, 0) is 19.1 Å². The van der Waals surface area contributed by atoms with Crippen molar-refractivity contribution in [2.75, 3.05) is 19.6 Å². The summed E-state index contributed by atoms with van der Waals surface area (Å²) in [7, 11) is 0. The van der Waals surface area contributed by atoms with Crippen molar-refractivity contribution in [2.24, 2.45) is 0 Å². The maximum absolute atomic E-state index is 12.2. The molecule has 3 N–H and O–H groups in total. The van der Waals surface area contributed by atoms with Crippen LogP contribution in [0.3, 0.4) is 0 Å². The highest BCUT2D eigenvalue weighted by Gasteiger charge is 2.26. The molecule has 0 aliphatic carbocycles. The number of rotatable bonds is 1. The molecule has 1 aromatic rings. The van der Waals surface area contributed by atoms with Gasteiger partial charge < -0.3 is 20.4 Å². The van der Waals surface area contributed by atoms with E-state index in [-0.39, 0.29) is 29.0 Å². The molecule has 5 heteroatoms. The van der Waals surface area contributed by atoms with Crippen molar-refractivity contribution in [1.29, 1.82) is 0 Å². The van der Waals surface area contributed by atoms with Crippen molar-refractivity contribution in [3.05, 3.63) is 23.8 Å². The van der Waals surface area contributed by atoms with Crippen molar-refractivity contribution in [3.63, 3.8) is 0 Å². The molecule has 92 valence electrons. The highest BCUT2D eigenvalue weighted by molar-refractivity contribution is 5.97.